The average molecular weight is 304 g/mol. The van der Waals surface area contributed by atoms with Crippen LogP contribution in [0.5, 0.6) is 0 Å². The first kappa shape index (κ1) is 16.5. The summed E-state index contributed by atoms with van der Waals surface area (Å²) in [5.74, 6) is 0. The third-order valence-electron chi connectivity index (χ3n) is 3.44. The molecule has 0 fully saturated rings. The van der Waals surface area contributed by atoms with Crippen LogP contribution in [0.25, 0.3) is 0 Å². The molecule has 1 aromatic rings. The van der Waals surface area contributed by atoms with Crippen LogP contribution >= 0.6 is 11.6 Å². The van der Waals surface area contributed by atoms with Crippen molar-refractivity contribution in [3.8, 4) is 0 Å². The standard InChI is InChI=1S/C14H22ClNO2S/c1-5-11(3)16(12(4)6-2)19(17,18)14-9-7-13(15)8-10-14/h7-12H,5-6H2,1-4H3/t11-,12+. The Morgan fingerprint density at radius 3 is 1.84 bits per heavy atom. The molecule has 0 heterocycles. The zero-order valence-electron chi connectivity index (χ0n) is 11.9. The van der Waals surface area contributed by atoms with Gasteiger partial charge in [-0.2, -0.15) is 4.31 Å². The van der Waals surface area contributed by atoms with Gasteiger partial charge in [-0.1, -0.05) is 25.4 Å². The minimum atomic E-state index is -3.47. The van der Waals surface area contributed by atoms with Gasteiger partial charge in [-0.15, -0.1) is 0 Å². The van der Waals surface area contributed by atoms with E-state index in [0.717, 1.165) is 12.8 Å². The summed E-state index contributed by atoms with van der Waals surface area (Å²) in [7, 11) is -3.47. The second-order valence-corrected chi connectivity index (χ2v) is 7.08. The Morgan fingerprint density at radius 2 is 1.47 bits per heavy atom. The van der Waals surface area contributed by atoms with Gasteiger partial charge >= 0.3 is 0 Å². The van der Waals surface area contributed by atoms with E-state index in [4.69, 9.17) is 11.6 Å². The average Bonchev–Trinajstić information content (AvgIpc) is 2.38. The molecule has 0 amide bonds. The molecule has 0 aliphatic carbocycles. The van der Waals surface area contributed by atoms with Crippen molar-refractivity contribution in [2.24, 2.45) is 0 Å². The van der Waals surface area contributed by atoms with E-state index >= 15 is 0 Å². The Bertz CT molecular complexity index is 489. The van der Waals surface area contributed by atoms with Gasteiger partial charge in [0, 0.05) is 17.1 Å². The van der Waals surface area contributed by atoms with Gasteiger partial charge in [0.2, 0.25) is 10.0 Å². The van der Waals surface area contributed by atoms with Crippen LogP contribution in [0.2, 0.25) is 5.02 Å². The number of nitrogens with zero attached hydrogens (tertiary/aromatic N) is 1. The normalized spacial score (nSPS) is 15.5. The summed E-state index contributed by atoms with van der Waals surface area (Å²) in [6.45, 7) is 7.88. The van der Waals surface area contributed by atoms with E-state index in [1.807, 2.05) is 27.7 Å². The van der Waals surface area contributed by atoms with Crippen LogP contribution in [-0.4, -0.2) is 24.8 Å². The number of benzene rings is 1. The Labute approximate surface area is 121 Å². The van der Waals surface area contributed by atoms with E-state index < -0.39 is 10.0 Å². The lowest BCUT2D eigenvalue weighted by atomic mass is 10.2. The number of halogens is 1. The lowest BCUT2D eigenvalue weighted by molar-refractivity contribution is 0.262. The minimum Gasteiger partial charge on any atom is -0.207 e. The summed E-state index contributed by atoms with van der Waals surface area (Å²) in [6.07, 6.45) is 1.58. The van der Waals surface area contributed by atoms with Crippen molar-refractivity contribution in [2.45, 2.75) is 57.5 Å². The van der Waals surface area contributed by atoms with Crippen LogP contribution in [-0.2, 0) is 10.0 Å². The van der Waals surface area contributed by atoms with Crippen molar-refractivity contribution < 1.29 is 8.42 Å². The quantitative estimate of drug-likeness (QED) is 0.798. The molecule has 0 saturated carbocycles. The summed E-state index contributed by atoms with van der Waals surface area (Å²) >= 11 is 5.81. The van der Waals surface area contributed by atoms with Gasteiger partial charge in [-0.3, -0.25) is 0 Å². The summed E-state index contributed by atoms with van der Waals surface area (Å²) < 4.78 is 27.1. The highest BCUT2D eigenvalue weighted by Crippen LogP contribution is 2.24. The maximum atomic E-state index is 12.7. The van der Waals surface area contributed by atoms with E-state index in [2.05, 4.69) is 0 Å². The van der Waals surface area contributed by atoms with Crippen molar-refractivity contribution >= 4 is 21.6 Å². The predicted octanol–water partition coefficient (Wildman–Crippen LogP) is 3.93. The Hall–Kier alpha value is -0.580. The molecular weight excluding hydrogens is 282 g/mol. The topological polar surface area (TPSA) is 37.4 Å². The fourth-order valence-electron chi connectivity index (χ4n) is 2.00. The third-order valence-corrected chi connectivity index (χ3v) is 5.83. The molecule has 0 spiro atoms. The van der Waals surface area contributed by atoms with Crippen molar-refractivity contribution in [1.29, 1.82) is 0 Å². The minimum absolute atomic E-state index is 0.0179. The third kappa shape index (κ3) is 3.71. The van der Waals surface area contributed by atoms with Gasteiger partial charge in [-0.25, -0.2) is 8.42 Å². The number of hydrogen-bond donors (Lipinski definition) is 0. The SMILES string of the molecule is CC[C@@H](C)N([C@@H](C)CC)S(=O)(=O)c1ccc(Cl)cc1. The maximum absolute atomic E-state index is 12.7. The molecule has 0 aliphatic rings. The Balaban J connectivity index is 3.23. The van der Waals surface area contributed by atoms with Gasteiger partial charge < -0.3 is 0 Å². The second kappa shape index (κ2) is 6.73. The van der Waals surface area contributed by atoms with E-state index in [0.29, 0.717) is 9.92 Å². The fraction of sp³-hybridized carbons (Fsp3) is 0.571. The lowest BCUT2D eigenvalue weighted by Crippen LogP contribution is -2.44. The van der Waals surface area contributed by atoms with Gasteiger partial charge in [0.15, 0.2) is 0 Å². The summed E-state index contributed by atoms with van der Waals surface area (Å²) in [5, 5.41) is 0.539. The largest absolute Gasteiger partial charge is 0.243 e. The van der Waals surface area contributed by atoms with E-state index in [1.165, 1.54) is 0 Å². The molecule has 1 rings (SSSR count). The zero-order valence-corrected chi connectivity index (χ0v) is 13.5. The van der Waals surface area contributed by atoms with Crippen molar-refractivity contribution in [3.63, 3.8) is 0 Å². The molecule has 3 nitrogen and oxygen atoms in total. The Kier molecular flexibility index (Phi) is 5.83. The molecule has 5 heteroatoms. The Morgan fingerprint density at radius 1 is 1.05 bits per heavy atom. The van der Waals surface area contributed by atoms with E-state index in [1.54, 1.807) is 28.6 Å². The first-order valence-electron chi connectivity index (χ1n) is 6.63. The number of hydrogen-bond acceptors (Lipinski definition) is 2. The molecule has 0 radical (unpaired) electrons. The van der Waals surface area contributed by atoms with Gasteiger partial charge in [0.25, 0.3) is 0 Å². The number of sulfonamides is 1. The van der Waals surface area contributed by atoms with Crippen molar-refractivity contribution in [3.05, 3.63) is 29.3 Å². The van der Waals surface area contributed by atoms with Crippen LogP contribution in [0, 0.1) is 0 Å². The van der Waals surface area contributed by atoms with Crippen LogP contribution in [0.1, 0.15) is 40.5 Å². The molecule has 0 saturated heterocycles. The van der Waals surface area contributed by atoms with Gasteiger partial charge in [-0.05, 0) is 51.0 Å². The van der Waals surface area contributed by atoms with Gasteiger partial charge in [0.05, 0.1) is 4.90 Å². The van der Waals surface area contributed by atoms with Crippen LogP contribution in [0.4, 0.5) is 0 Å². The molecule has 0 aliphatic heterocycles. The molecule has 19 heavy (non-hydrogen) atoms. The summed E-state index contributed by atoms with van der Waals surface area (Å²) in [5.41, 5.74) is 0. The monoisotopic (exact) mass is 303 g/mol. The van der Waals surface area contributed by atoms with Crippen LogP contribution in [0.15, 0.2) is 29.2 Å². The summed E-state index contributed by atoms with van der Waals surface area (Å²) in [4.78, 5) is 0.303. The molecule has 0 bridgehead atoms. The van der Waals surface area contributed by atoms with Gasteiger partial charge in [0.1, 0.15) is 0 Å². The molecule has 2 atom stereocenters. The molecule has 0 unspecified atom stereocenters. The van der Waals surface area contributed by atoms with E-state index in [-0.39, 0.29) is 12.1 Å². The fourth-order valence-corrected chi connectivity index (χ4v) is 4.09. The first-order valence-corrected chi connectivity index (χ1v) is 8.45. The molecular formula is C14H22ClNO2S. The highest BCUT2D eigenvalue weighted by Gasteiger charge is 2.31. The highest BCUT2D eigenvalue weighted by molar-refractivity contribution is 7.89. The van der Waals surface area contributed by atoms with Crippen LogP contribution < -0.4 is 0 Å². The van der Waals surface area contributed by atoms with Crippen molar-refractivity contribution in [2.75, 3.05) is 0 Å². The first-order chi connectivity index (χ1) is 8.84. The molecule has 1 aromatic carbocycles. The highest BCUT2D eigenvalue weighted by atomic mass is 35.5. The van der Waals surface area contributed by atoms with E-state index in [9.17, 15) is 8.42 Å². The number of rotatable bonds is 6. The predicted molar refractivity (Wildman–Crippen MR) is 80.0 cm³/mol. The van der Waals surface area contributed by atoms with Crippen LogP contribution in [0.3, 0.4) is 0 Å². The smallest absolute Gasteiger partial charge is 0.207 e. The maximum Gasteiger partial charge on any atom is 0.243 e. The molecule has 0 aromatic heterocycles. The lowest BCUT2D eigenvalue weighted by Gasteiger charge is -2.32. The molecule has 0 N–H and O–H groups in total. The molecule has 108 valence electrons. The van der Waals surface area contributed by atoms with Crippen molar-refractivity contribution in [1.82, 2.24) is 4.31 Å². The zero-order chi connectivity index (χ0) is 14.6. The second-order valence-electron chi connectivity index (χ2n) is 4.80. The summed E-state index contributed by atoms with van der Waals surface area (Å²) in [6, 6.07) is 6.32.